The van der Waals surface area contributed by atoms with E-state index >= 15 is 0 Å². The van der Waals surface area contributed by atoms with E-state index in [0.29, 0.717) is 39.5 Å². The molecule has 8 nitrogen and oxygen atoms in total. The number of carbonyl (C=O) groups excluding carboxylic acids is 2. The Morgan fingerprint density at radius 2 is 1.85 bits per heavy atom. The second-order valence-electron chi connectivity index (χ2n) is 4.33. The first kappa shape index (κ1) is 18.4. The maximum Gasteiger partial charge on any atom is 0.227 e. The number of rotatable bonds is 12. The standard InChI is InChI=1S/C12H22N4O4/c1-10(2)11(17)9-12(18)14-3-5-19-7-8-20-6-4-15-16-13/h10H,3-9H2,1-2H3,(H,14,18). The van der Waals surface area contributed by atoms with Crippen molar-refractivity contribution >= 4 is 11.7 Å². The summed E-state index contributed by atoms with van der Waals surface area (Å²) in [5, 5.41) is 5.92. The van der Waals surface area contributed by atoms with E-state index in [-0.39, 0.29) is 24.0 Å². The van der Waals surface area contributed by atoms with E-state index in [2.05, 4.69) is 15.3 Å². The van der Waals surface area contributed by atoms with Crippen LogP contribution >= 0.6 is 0 Å². The third-order valence-electron chi connectivity index (χ3n) is 2.32. The number of ether oxygens (including phenoxy) is 2. The number of nitrogens with one attached hydrogen (secondary N) is 1. The van der Waals surface area contributed by atoms with Crippen molar-refractivity contribution in [1.29, 1.82) is 0 Å². The minimum atomic E-state index is -0.280. The molecule has 20 heavy (non-hydrogen) atoms. The number of hydrogen-bond acceptors (Lipinski definition) is 5. The number of azide groups is 1. The Labute approximate surface area is 118 Å². The molecule has 0 aliphatic carbocycles. The monoisotopic (exact) mass is 286 g/mol. The highest BCUT2D eigenvalue weighted by Crippen LogP contribution is 1.97. The number of Topliss-reactive ketones (excluding diaryl/α,β-unsaturated/α-hetero) is 1. The summed E-state index contributed by atoms with van der Waals surface area (Å²) in [6.45, 7) is 5.72. The largest absolute Gasteiger partial charge is 0.379 e. The maximum atomic E-state index is 11.3. The van der Waals surface area contributed by atoms with Crippen LogP contribution in [0.25, 0.3) is 10.4 Å². The lowest BCUT2D eigenvalue weighted by atomic mass is 10.1. The van der Waals surface area contributed by atoms with Gasteiger partial charge in [-0.1, -0.05) is 19.0 Å². The molecular weight excluding hydrogens is 264 g/mol. The molecule has 0 unspecified atom stereocenters. The Bertz CT molecular complexity index is 340. The zero-order valence-corrected chi connectivity index (χ0v) is 12.0. The average molecular weight is 286 g/mol. The molecule has 0 fully saturated rings. The fraction of sp³-hybridized carbons (Fsp3) is 0.833. The van der Waals surface area contributed by atoms with Crippen LogP contribution in [0, 0.1) is 5.92 Å². The molecule has 0 rings (SSSR count). The molecular formula is C12H22N4O4. The van der Waals surface area contributed by atoms with Gasteiger partial charge in [0.15, 0.2) is 0 Å². The Kier molecular flexibility index (Phi) is 11.4. The van der Waals surface area contributed by atoms with Crippen molar-refractivity contribution in [3.63, 3.8) is 0 Å². The predicted octanol–water partition coefficient (Wildman–Crippen LogP) is 1.06. The summed E-state index contributed by atoms with van der Waals surface area (Å²) >= 11 is 0. The Balaban J connectivity index is 3.33. The quantitative estimate of drug-likeness (QED) is 0.190. The van der Waals surface area contributed by atoms with E-state index in [4.69, 9.17) is 15.0 Å². The van der Waals surface area contributed by atoms with Crippen molar-refractivity contribution in [3.8, 4) is 0 Å². The van der Waals surface area contributed by atoms with E-state index in [9.17, 15) is 9.59 Å². The van der Waals surface area contributed by atoms with E-state index in [1.807, 2.05) is 0 Å². The van der Waals surface area contributed by atoms with Crippen molar-refractivity contribution in [3.05, 3.63) is 10.4 Å². The van der Waals surface area contributed by atoms with Crippen LogP contribution in [0.3, 0.4) is 0 Å². The van der Waals surface area contributed by atoms with Gasteiger partial charge in [0.25, 0.3) is 0 Å². The fourth-order valence-electron chi connectivity index (χ4n) is 1.16. The number of ketones is 1. The van der Waals surface area contributed by atoms with Crippen molar-refractivity contribution in [2.75, 3.05) is 39.5 Å². The molecule has 0 heterocycles. The Hall–Kier alpha value is -1.63. The lowest BCUT2D eigenvalue weighted by Gasteiger charge is -2.07. The highest BCUT2D eigenvalue weighted by molar-refractivity contribution is 5.98. The summed E-state index contributed by atoms with van der Waals surface area (Å²) in [4.78, 5) is 25.2. The molecule has 0 radical (unpaired) electrons. The van der Waals surface area contributed by atoms with E-state index in [0.717, 1.165) is 0 Å². The summed E-state index contributed by atoms with van der Waals surface area (Å²) in [6.07, 6.45) is -0.0831. The SMILES string of the molecule is CC(C)C(=O)CC(=O)NCCOCCOCCN=[N+]=[N-]. The minimum Gasteiger partial charge on any atom is -0.379 e. The molecule has 0 atom stereocenters. The van der Waals surface area contributed by atoms with E-state index in [1.165, 1.54) is 0 Å². The first-order chi connectivity index (χ1) is 9.57. The van der Waals surface area contributed by atoms with E-state index < -0.39 is 0 Å². The highest BCUT2D eigenvalue weighted by Gasteiger charge is 2.11. The van der Waals surface area contributed by atoms with Gasteiger partial charge >= 0.3 is 0 Å². The molecule has 114 valence electrons. The third-order valence-corrected chi connectivity index (χ3v) is 2.32. The molecule has 8 heteroatoms. The first-order valence-electron chi connectivity index (χ1n) is 6.53. The Morgan fingerprint density at radius 3 is 2.45 bits per heavy atom. The normalized spacial score (nSPS) is 10.2. The lowest BCUT2D eigenvalue weighted by molar-refractivity contribution is -0.129. The minimum absolute atomic E-state index is 0.0724. The van der Waals surface area contributed by atoms with Gasteiger partial charge in [-0.25, -0.2) is 0 Å². The van der Waals surface area contributed by atoms with Gasteiger partial charge < -0.3 is 14.8 Å². The van der Waals surface area contributed by atoms with E-state index in [1.54, 1.807) is 13.8 Å². The maximum absolute atomic E-state index is 11.3. The zero-order valence-electron chi connectivity index (χ0n) is 12.0. The van der Waals surface area contributed by atoms with Crippen LogP contribution < -0.4 is 5.32 Å². The molecule has 0 aromatic carbocycles. The molecule has 0 saturated heterocycles. The summed E-state index contributed by atoms with van der Waals surface area (Å²) in [5.41, 5.74) is 8.02. The summed E-state index contributed by atoms with van der Waals surface area (Å²) in [7, 11) is 0. The molecule has 1 amide bonds. The van der Waals surface area contributed by atoms with Gasteiger partial charge in [-0.05, 0) is 5.53 Å². The summed E-state index contributed by atoms with van der Waals surface area (Å²) in [6, 6.07) is 0. The van der Waals surface area contributed by atoms with Crippen LogP contribution in [0.15, 0.2) is 5.11 Å². The number of carbonyl (C=O) groups is 2. The van der Waals surface area contributed by atoms with Crippen molar-refractivity contribution in [1.82, 2.24) is 5.32 Å². The van der Waals surface area contributed by atoms with Gasteiger partial charge in [-0.3, -0.25) is 9.59 Å². The van der Waals surface area contributed by atoms with Crippen LogP contribution in [-0.2, 0) is 19.1 Å². The van der Waals surface area contributed by atoms with Crippen molar-refractivity contribution < 1.29 is 19.1 Å². The second-order valence-corrected chi connectivity index (χ2v) is 4.33. The topological polar surface area (TPSA) is 113 Å². The van der Waals surface area contributed by atoms with Crippen LogP contribution in [0.1, 0.15) is 20.3 Å². The Morgan fingerprint density at radius 1 is 1.20 bits per heavy atom. The molecule has 1 N–H and O–H groups in total. The van der Waals surface area contributed by atoms with Gasteiger partial charge in [0.05, 0.1) is 32.8 Å². The highest BCUT2D eigenvalue weighted by atomic mass is 16.5. The number of amides is 1. The molecule has 0 spiro atoms. The average Bonchev–Trinajstić information content (AvgIpc) is 2.40. The molecule has 0 bridgehead atoms. The zero-order chi connectivity index (χ0) is 15.2. The molecule has 0 aliphatic rings. The van der Waals surface area contributed by atoms with Gasteiger partial charge in [-0.15, -0.1) is 0 Å². The van der Waals surface area contributed by atoms with Crippen molar-refractivity contribution in [2.24, 2.45) is 11.0 Å². The molecule has 0 aliphatic heterocycles. The number of hydrogen-bond donors (Lipinski definition) is 1. The summed E-state index contributed by atoms with van der Waals surface area (Å²) in [5.74, 6) is -0.478. The van der Waals surface area contributed by atoms with Crippen molar-refractivity contribution in [2.45, 2.75) is 20.3 Å². The smallest absolute Gasteiger partial charge is 0.227 e. The van der Waals surface area contributed by atoms with Gasteiger partial charge in [-0.2, -0.15) is 0 Å². The fourth-order valence-corrected chi connectivity index (χ4v) is 1.16. The van der Waals surface area contributed by atoms with Crippen LogP contribution in [0.5, 0.6) is 0 Å². The first-order valence-corrected chi connectivity index (χ1v) is 6.53. The lowest BCUT2D eigenvalue weighted by Crippen LogP contribution is -2.30. The molecule has 0 saturated carbocycles. The summed E-state index contributed by atoms with van der Waals surface area (Å²) < 4.78 is 10.3. The molecule has 0 aromatic rings. The number of nitrogens with zero attached hydrogens (tertiary/aromatic N) is 3. The van der Waals surface area contributed by atoms with Gasteiger partial charge in [0.2, 0.25) is 5.91 Å². The third kappa shape index (κ3) is 11.5. The van der Waals surface area contributed by atoms with Gasteiger partial charge in [0, 0.05) is 23.9 Å². The van der Waals surface area contributed by atoms with Crippen LogP contribution in [0.2, 0.25) is 0 Å². The van der Waals surface area contributed by atoms with Crippen LogP contribution in [0.4, 0.5) is 0 Å². The van der Waals surface area contributed by atoms with Gasteiger partial charge in [0.1, 0.15) is 5.78 Å². The second kappa shape index (κ2) is 12.4. The predicted molar refractivity (Wildman–Crippen MR) is 73.1 cm³/mol. The molecule has 0 aromatic heterocycles. The van der Waals surface area contributed by atoms with Crippen LogP contribution in [-0.4, -0.2) is 51.2 Å².